The Hall–Kier alpha value is -1.66. The molecule has 0 atom stereocenters. The zero-order chi connectivity index (χ0) is 16.2. The van der Waals surface area contributed by atoms with Crippen molar-refractivity contribution < 1.29 is 0 Å². The second kappa shape index (κ2) is 6.45. The van der Waals surface area contributed by atoms with Crippen molar-refractivity contribution in [1.82, 2.24) is 0 Å². The number of hydrogen-bond donors (Lipinski definition) is 1. The van der Waals surface area contributed by atoms with Crippen LogP contribution in [0.3, 0.4) is 0 Å². The fourth-order valence-electron chi connectivity index (χ4n) is 3.38. The number of halogens is 1. The Morgan fingerprint density at radius 2 is 0.913 bits per heavy atom. The number of alkyl halides is 1. The van der Waals surface area contributed by atoms with Gasteiger partial charge in [-0.3, -0.25) is 0 Å². The van der Waals surface area contributed by atoms with Crippen molar-refractivity contribution in [1.29, 1.82) is 0 Å². The molecule has 23 heavy (non-hydrogen) atoms. The van der Waals surface area contributed by atoms with Crippen LogP contribution in [0.5, 0.6) is 0 Å². The van der Waals surface area contributed by atoms with Gasteiger partial charge < -0.3 is 0 Å². The van der Waals surface area contributed by atoms with Crippen LogP contribution in [-0.2, 0) is 0 Å². The Kier molecular flexibility index (Phi) is 4.55. The first-order valence-electron chi connectivity index (χ1n) is 7.71. The third-order valence-electron chi connectivity index (χ3n) is 4.81. The summed E-state index contributed by atoms with van der Waals surface area (Å²) < 4.78 is 0. The van der Waals surface area contributed by atoms with E-state index in [9.17, 15) is 0 Å². The van der Waals surface area contributed by atoms with Crippen molar-refractivity contribution in [2.45, 2.75) is 0 Å². The first-order chi connectivity index (χ1) is 11.3. The summed E-state index contributed by atoms with van der Waals surface area (Å²) in [6, 6.07) is 31.6. The second-order valence-electron chi connectivity index (χ2n) is 5.82. The maximum atomic E-state index is 6.76. The molecule has 0 saturated carbocycles. The van der Waals surface area contributed by atoms with E-state index in [1.807, 2.05) is 18.2 Å². The molecule has 3 rings (SSSR count). The number of rotatable bonds is 5. The molecule has 0 aliphatic carbocycles. The zero-order valence-corrected chi connectivity index (χ0v) is 14.6. The molecule has 3 heteroatoms. The van der Waals surface area contributed by atoms with E-state index in [1.165, 1.54) is 15.9 Å². The minimum atomic E-state index is -2.88. The van der Waals surface area contributed by atoms with E-state index >= 15 is 0 Å². The van der Waals surface area contributed by atoms with Gasteiger partial charge in [-0.2, -0.15) is 0 Å². The van der Waals surface area contributed by atoms with E-state index in [1.54, 1.807) is 0 Å². The Morgan fingerprint density at radius 1 is 0.609 bits per heavy atom. The summed E-state index contributed by atoms with van der Waals surface area (Å²) in [5.41, 5.74) is 7.02. The molecule has 0 heterocycles. The van der Waals surface area contributed by atoms with Crippen LogP contribution in [0.25, 0.3) is 0 Å². The van der Waals surface area contributed by atoms with Crippen LogP contribution < -0.4 is 21.6 Å². The fourth-order valence-corrected chi connectivity index (χ4v) is 9.63. The quantitative estimate of drug-likeness (QED) is 0.556. The molecule has 1 nitrogen and oxygen atoms in total. The molecule has 118 valence electrons. The average molecular weight is 342 g/mol. The van der Waals surface area contributed by atoms with Gasteiger partial charge in [0.15, 0.2) is 0 Å². The Labute approximate surface area is 143 Å². The molecule has 0 aliphatic rings. The first kappa shape index (κ1) is 16.2. The second-order valence-corrected chi connectivity index (χ2v) is 11.7. The standard InChI is InChI=1S/C20H21ClNP/c21-16-23(17-22,18-10-4-1-5-11-18,19-12-6-2-7-13-19)20-14-8-3-9-15-20/h1-15H,16-17,22H2. The van der Waals surface area contributed by atoms with Gasteiger partial charge in [0.2, 0.25) is 0 Å². The van der Waals surface area contributed by atoms with E-state index in [-0.39, 0.29) is 0 Å². The van der Waals surface area contributed by atoms with Gasteiger partial charge in [0.05, 0.1) is 0 Å². The number of hydrogen-bond acceptors (Lipinski definition) is 1. The topological polar surface area (TPSA) is 26.0 Å². The summed E-state index contributed by atoms with van der Waals surface area (Å²) in [5, 5.41) is 3.73. The van der Waals surface area contributed by atoms with Crippen molar-refractivity contribution in [2.75, 3.05) is 11.9 Å². The molecule has 0 saturated heterocycles. The molecule has 0 aliphatic heterocycles. The Morgan fingerprint density at radius 3 is 1.13 bits per heavy atom. The molecule has 0 radical (unpaired) electrons. The van der Waals surface area contributed by atoms with Crippen LogP contribution in [0.2, 0.25) is 0 Å². The Balaban J connectivity index is 2.46. The van der Waals surface area contributed by atoms with Gasteiger partial charge in [-0.1, -0.05) is 0 Å². The normalized spacial score (nSPS) is 13.2. The molecular formula is C20H21ClNP. The Bertz CT molecular complexity index is 652. The van der Waals surface area contributed by atoms with E-state index < -0.39 is 6.60 Å². The monoisotopic (exact) mass is 341 g/mol. The molecule has 0 fully saturated rings. The predicted octanol–water partition coefficient (Wildman–Crippen LogP) is 3.63. The molecule has 0 unspecified atom stereocenters. The van der Waals surface area contributed by atoms with Crippen molar-refractivity contribution in [3.63, 3.8) is 0 Å². The molecule has 2 N–H and O–H groups in total. The minimum absolute atomic E-state index is 0.500. The van der Waals surface area contributed by atoms with Gasteiger partial charge in [-0.25, -0.2) is 0 Å². The summed E-state index contributed by atoms with van der Waals surface area (Å²) in [4.78, 5) is 0. The number of benzene rings is 3. The molecule has 3 aromatic carbocycles. The number of nitrogens with two attached hydrogens (primary N) is 1. The molecule has 0 aromatic heterocycles. The summed E-state index contributed by atoms with van der Waals surface area (Å²) in [7, 11) is 0. The van der Waals surface area contributed by atoms with Crippen molar-refractivity contribution in [3.05, 3.63) is 91.0 Å². The van der Waals surface area contributed by atoms with Crippen LogP contribution in [0.15, 0.2) is 91.0 Å². The zero-order valence-electron chi connectivity index (χ0n) is 13.0. The maximum absolute atomic E-state index is 6.76. The van der Waals surface area contributed by atoms with Crippen LogP contribution in [0, 0.1) is 0 Å². The van der Waals surface area contributed by atoms with Gasteiger partial charge >= 0.3 is 143 Å². The fraction of sp³-hybridized carbons (Fsp3) is 0.100. The summed E-state index contributed by atoms with van der Waals surface area (Å²) in [6.07, 6.45) is 0.521. The average Bonchev–Trinajstić information content (AvgIpc) is 2.67. The molecule has 0 amide bonds. The molecule has 3 aromatic rings. The SMILES string of the molecule is NCP(CCl)(c1ccccc1)(c1ccccc1)c1ccccc1. The molecular weight excluding hydrogens is 321 g/mol. The van der Waals surface area contributed by atoms with Crippen molar-refractivity contribution in [3.8, 4) is 0 Å². The van der Waals surface area contributed by atoms with Crippen molar-refractivity contribution >= 4 is 34.1 Å². The van der Waals surface area contributed by atoms with Crippen molar-refractivity contribution in [2.24, 2.45) is 5.73 Å². The summed E-state index contributed by atoms with van der Waals surface area (Å²) in [6.45, 7) is -2.88. The van der Waals surface area contributed by atoms with Crippen LogP contribution >= 0.6 is 18.2 Å². The van der Waals surface area contributed by atoms with Crippen LogP contribution in [0.1, 0.15) is 0 Å². The van der Waals surface area contributed by atoms with Crippen LogP contribution in [-0.4, -0.2) is 11.9 Å². The summed E-state index contributed by atoms with van der Waals surface area (Å²) >= 11 is 6.76. The van der Waals surface area contributed by atoms with E-state index in [4.69, 9.17) is 17.3 Å². The van der Waals surface area contributed by atoms with Gasteiger partial charge in [0, 0.05) is 0 Å². The van der Waals surface area contributed by atoms with Gasteiger partial charge in [-0.05, 0) is 0 Å². The first-order valence-corrected chi connectivity index (χ1v) is 10.9. The van der Waals surface area contributed by atoms with E-state index in [0.717, 1.165) is 0 Å². The third-order valence-corrected chi connectivity index (χ3v) is 12.4. The van der Waals surface area contributed by atoms with E-state index in [2.05, 4.69) is 72.8 Å². The molecule has 0 spiro atoms. The summed E-state index contributed by atoms with van der Waals surface area (Å²) in [5.74, 6) is 0. The van der Waals surface area contributed by atoms with E-state index in [0.29, 0.717) is 11.9 Å². The molecule has 0 bridgehead atoms. The van der Waals surface area contributed by atoms with Crippen LogP contribution in [0.4, 0.5) is 0 Å². The van der Waals surface area contributed by atoms with Gasteiger partial charge in [0.25, 0.3) is 0 Å². The predicted molar refractivity (Wildman–Crippen MR) is 105 cm³/mol. The third kappa shape index (κ3) is 2.32. The van der Waals surface area contributed by atoms with Gasteiger partial charge in [0.1, 0.15) is 0 Å². The van der Waals surface area contributed by atoms with Gasteiger partial charge in [-0.15, -0.1) is 0 Å².